The highest BCUT2D eigenvalue weighted by molar-refractivity contribution is 6.09. The van der Waals surface area contributed by atoms with Crippen LogP contribution >= 0.6 is 0 Å². The second kappa shape index (κ2) is 6.99. The van der Waals surface area contributed by atoms with Crippen LogP contribution in [0.1, 0.15) is 67.4 Å². The van der Waals surface area contributed by atoms with Crippen LogP contribution in [-0.4, -0.2) is 28.6 Å². The number of H-pyrrole nitrogens is 1. The minimum absolute atomic E-state index is 0.104. The zero-order valence-electron chi connectivity index (χ0n) is 17.0. The van der Waals surface area contributed by atoms with E-state index in [1.54, 1.807) is 26.8 Å². The van der Waals surface area contributed by atoms with Crippen molar-refractivity contribution in [2.75, 3.05) is 0 Å². The van der Waals surface area contributed by atoms with Gasteiger partial charge in [-0.2, -0.15) is 0 Å². The van der Waals surface area contributed by atoms with Crippen LogP contribution in [0, 0.1) is 13.8 Å². The molecule has 0 radical (unpaired) electrons. The predicted octanol–water partition coefficient (Wildman–Crippen LogP) is 4.51. The van der Waals surface area contributed by atoms with E-state index in [1.165, 1.54) is 18.1 Å². The molecule has 1 aromatic heterocycles. The van der Waals surface area contributed by atoms with Gasteiger partial charge >= 0.3 is 5.97 Å². The van der Waals surface area contributed by atoms with Crippen molar-refractivity contribution in [2.24, 2.45) is 0 Å². The lowest BCUT2D eigenvalue weighted by Crippen LogP contribution is -2.25. The monoisotopic (exact) mass is 389 g/mol. The molecular weight excluding hydrogens is 366 g/mol. The average molecular weight is 389 g/mol. The SMILES string of the molecule is CC(=O)c1c(C)[nH]c(C(=O)C(C)OC(=O)c2ccc3c4c(cccc24)CC3)c1C. The van der Waals surface area contributed by atoms with Crippen LogP contribution in [0.25, 0.3) is 10.8 Å². The van der Waals surface area contributed by atoms with Crippen molar-refractivity contribution in [2.45, 2.75) is 46.6 Å². The quantitative estimate of drug-likeness (QED) is 0.514. The van der Waals surface area contributed by atoms with E-state index >= 15 is 0 Å². The van der Waals surface area contributed by atoms with Crippen LogP contribution in [0.15, 0.2) is 30.3 Å². The molecule has 1 unspecified atom stereocenters. The third-order valence-corrected chi connectivity index (χ3v) is 5.79. The minimum atomic E-state index is -0.970. The average Bonchev–Trinajstić information content (AvgIpc) is 3.23. The fourth-order valence-electron chi connectivity index (χ4n) is 4.43. The summed E-state index contributed by atoms with van der Waals surface area (Å²) in [7, 11) is 0. The molecule has 5 nitrogen and oxygen atoms in total. The predicted molar refractivity (Wildman–Crippen MR) is 111 cm³/mol. The second-order valence-corrected chi connectivity index (χ2v) is 7.70. The molecular formula is C24H23NO4. The molecule has 0 saturated heterocycles. The number of aromatic amines is 1. The third-order valence-electron chi connectivity index (χ3n) is 5.79. The summed E-state index contributed by atoms with van der Waals surface area (Å²) in [6.45, 7) is 6.51. The topological polar surface area (TPSA) is 76.2 Å². The number of Topliss-reactive ketones (excluding diaryl/α,β-unsaturated/α-hetero) is 2. The summed E-state index contributed by atoms with van der Waals surface area (Å²) >= 11 is 0. The van der Waals surface area contributed by atoms with Crippen molar-refractivity contribution in [3.63, 3.8) is 0 Å². The molecule has 0 bridgehead atoms. The minimum Gasteiger partial charge on any atom is -0.451 e. The Morgan fingerprint density at radius 3 is 2.38 bits per heavy atom. The number of aryl methyl sites for hydroxylation is 3. The van der Waals surface area contributed by atoms with Gasteiger partial charge in [-0.15, -0.1) is 0 Å². The van der Waals surface area contributed by atoms with Gasteiger partial charge in [-0.1, -0.05) is 24.3 Å². The third kappa shape index (κ3) is 3.07. The first kappa shape index (κ1) is 19.1. The normalized spacial score (nSPS) is 13.5. The Bertz CT molecular complexity index is 1180. The number of carbonyl (C=O) groups is 3. The highest BCUT2D eigenvalue weighted by atomic mass is 16.5. The van der Waals surface area contributed by atoms with Crippen molar-refractivity contribution in [3.05, 3.63) is 69.5 Å². The Hall–Kier alpha value is -3.21. The van der Waals surface area contributed by atoms with Gasteiger partial charge in [-0.25, -0.2) is 4.79 Å². The first-order chi connectivity index (χ1) is 13.8. The number of aromatic nitrogens is 1. The molecule has 0 spiro atoms. The van der Waals surface area contributed by atoms with Gasteiger partial charge in [0, 0.05) is 11.3 Å². The largest absolute Gasteiger partial charge is 0.451 e. The molecule has 148 valence electrons. The van der Waals surface area contributed by atoms with Crippen molar-refractivity contribution in [3.8, 4) is 0 Å². The molecule has 5 heteroatoms. The van der Waals surface area contributed by atoms with Crippen LogP contribution in [0.5, 0.6) is 0 Å². The molecule has 1 heterocycles. The number of rotatable bonds is 5. The zero-order chi connectivity index (χ0) is 20.9. The molecule has 0 amide bonds. The Labute approximate surface area is 169 Å². The van der Waals surface area contributed by atoms with Crippen molar-refractivity contribution in [1.29, 1.82) is 0 Å². The summed E-state index contributed by atoms with van der Waals surface area (Å²) in [6, 6.07) is 9.72. The molecule has 0 aliphatic heterocycles. The molecule has 4 rings (SSSR count). The van der Waals surface area contributed by atoms with Crippen molar-refractivity contribution < 1.29 is 19.1 Å². The molecule has 1 aliphatic rings. The van der Waals surface area contributed by atoms with E-state index in [4.69, 9.17) is 4.74 Å². The van der Waals surface area contributed by atoms with Gasteiger partial charge in [0.25, 0.3) is 0 Å². The van der Waals surface area contributed by atoms with Crippen LogP contribution in [-0.2, 0) is 17.6 Å². The lowest BCUT2D eigenvalue weighted by atomic mass is 10.00. The van der Waals surface area contributed by atoms with Gasteiger partial charge < -0.3 is 9.72 Å². The number of carbonyl (C=O) groups excluding carboxylic acids is 3. The standard InChI is InChI=1S/C24H23NO4/c1-12-20(14(3)26)13(2)25-22(12)23(27)15(4)29-24(28)19-11-10-17-9-8-16-6-5-7-18(19)21(16)17/h5-7,10-11,15,25H,8-9H2,1-4H3. The maximum absolute atomic E-state index is 12.9. The highest BCUT2D eigenvalue weighted by Crippen LogP contribution is 2.33. The lowest BCUT2D eigenvalue weighted by Gasteiger charge is -2.14. The number of ether oxygens (including phenoxy) is 1. The Morgan fingerprint density at radius 1 is 1.03 bits per heavy atom. The van der Waals surface area contributed by atoms with Gasteiger partial charge in [-0.3, -0.25) is 9.59 Å². The van der Waals surface area contributed by atoms with Crippen LogP contribution in [0.2, 0.25) is 0 Å². The van der Waals surface area contributed by atoms with Gasteiger partial charge in [-0.05, 0) is 74.1 Å². The number of esters is 1. The van der Waals surface area contributed by atoms with E-state index in [2.05, 4.69) is 11.1 Å². The first-order valence-electron chi connectivity index (χ1n) is 9.78. The zero-order valence-corrected chi connectivity index (χ0v) is 17.0. The van der Waals surface area contributed by atoms with Crippen LogP contribution < -0.4 is 0 Å². The summed E-state index contributed by atoms with van der Waals surface area (Å²) < 4.78 is 5.53. The fourth-order valence-corrected chi connectivity index (χ4v) is 4.43. The smallest absolute Gasteiger partial charge is 0.339 e. The molecule has 2 aromatic carbocycles. The highest BCUT2D eigenvalue weighted by Gasteiger charge is 2.27. The second-order valence-electron chi connectivity index (χ2n) is 7.70. The Morgan fingerprint density at radius 2 is 1.72 bits per heavy atom. The molecule has 1 aliphatic carbocycles. The fraction of sp³-hybridized carbons (Fsp3) is 0.292. The number of nitrogens with one attached hydrogen (secondary N) is 1. The Kier molecular flexibility index (Phi) is 4.61. The number of benzene rings is 2. The maximum Gasteiger partial charge on any atom is 0.339 e. The number of ketones is 2. The van der Waals surface area contributed by atoms with E-state index < -0.39 is 12.1 Å². The molecule has 3 aromatic rings. The molecule has 1 N–H and O–H groups in total. The lowest BCUT2D eigenvalue weighted by molar-refractivity contribution is 0.0319. The summed E-state index contributed by atoms with van der Waals surface area (Å²) in [5, 5.41) is 2.00. The van der Waals surface area contributed by atoms with Crippen molar-refractivity contribution >= 4 is 28.3 Å². The molecule has 1 atom stereocenters. The van der Waals surface area contributed by atoms with Gasteiger partial charge in [0.1, 0.15) is 0 Å². The van der Waals surface area contributed by atoms with Gasteiger partial charge in [0.2, 0.25) is 5.78 Å². The maximum atomic E-state index is 12.9. The number of hydrogen-bond donors (Lipinski definition) is 1. The van der Waals surface area contributed by atoms with Crippen LogP contribution in [0.4, 0.5) is 0 Å². The summed E-state index contributed by atoms with van der Waals surface area (Å²) in [4.78, 5) is 40.6. The van der Waals surface area contributed by atoms with Gasteiger partial charge in [0.15, 0.2) is 11.9 Å². The van der Waals surface area contributed by atoms with E-state index in [0.717, 1.165) is 23.6 Å². The summed E-state index contributed by atoms with van der Waals surface area (Å²) in [5.74, 6) is -0.973. The first-order valence-corrected chi connectivity index (χ1v) is 9.78. The Balaban J connectivity index is 1.62. The van der Waals surface area contributed by atoms with E-state index in [0.29, 0.717) is 28.1 Å². The molecule has 0 fully saturated rings. The van der Waals surface area contributed by atoms with E-state index in [9.17, 15) is 14.4 Å². The summed E-state index contributed by atoms with van der Waals surface area (Å²) in [5.41, 5.74) is 5.01. The number of hydrogen-bond acceptors (Lipinski definition) is 4. The van der Waals surface area contributed by atoms with Crippen molar-refractivity contribution in [1.82, 2.24) is 4.98 Å². The van der Waals surface area contributed by atoms with E-state index in [-0.39, 0.29) is 11.6 Å². The molecule has 0 saturated carbocycles. The van der Waals surface area contributed by atoms with E-state index in [1.807, 2.05) is 18.2 Å². The summed E-state index contributed by atoms with van der Waals surface area (Å²) in [6.07, 6.45) is 0.982. The van der Waals surface area contributed by atoms with Gasteiger partial charge in [0.05, 0.1) is 11.3 Å². The molecule has 29 heavy (non-hydrogen) atoms. The van der Waals surface area contributed by atoms with Crippen LogP contribution in [0.3, 0.4) is 0 Å².